The van der Waals surface area contributed by atoms with Crippen LogP contribution in [-0.2, 0) is 0 Å². The predicted molar refractivity (Wildman–Crippen MR) is 45.2 cm³/mol. The molecular weight excluding hydrogens is 140 g/mol. The summed E-state index contributed by atoms with van der Waals surface area (Å²) in [5.74, 6) is 0.462. The molecule has 0 heterocycles. The molecule has 0 saturated heterocycles. The summed E-state index contributed by atoms with van der Waals surface area (Å²) in [5, 5.41) is 14.3. The van der Waals surface area contributed by atoms with Gasteiger partial charge in [-0.15, -0.1) is 0 Å². The summed E-state index contributed by atoms with van der Waals surface area (Å²) in [6.07, 6.45) is 3.67. The lowest BCUT2D eigenvalue weighted by Gasteiger charge is -2.38. The van der Waals surface area contributed by atoms with Gasteiger partial charge in [-0.1, -0.05) is 6.58 Å². The number of hydrazone groups is 1. The van der Waals surface area contributed by atoms with Crippen LogP contribution in [0.4, 0.5) is 0 Å². The first kappa shape index (κ1) is 8.27. The van der Waals surface area contributed by atoms with Gasteiger partial charge in [-0.3, -0.25) is 5.01 Å². The van der Waals surface area contributed by atoms with Crippen molar-refractivity contribution in [2.24, 2.45) is 11.0 Å². The summed E-state index contributed by atoms with van der Waals surface area (Å²) in [6, 6.07) is 0.419. The Hall–Kier alpha value is -0.830. The van der Waals surface area contributed by atoms with Crippen molar-refractivity contribution in [1.82, 2.24) is 5.01 Å². The molecule has 0 radical (unpaired) electrons. The number of nitrogens with zero attached hydrogens (tertiary/aromatic N) is 2. The molecule has 3 heteroatoms. The third-order valence-corrected chi connectivity index (χ3v) is 2.19. The first-order chi connectivity index (χ1) is 5.31. The van der Waals surface area contributed by atoms with Crippen molar-refractivity contribution in [3.63, 3.8) is 0 Å². The van der Waals surface area contributed by atoms with E-state index >= 15 is 0 Å². The van der Waals surface area contributed by atoms with Crippen molar-refractivity contribution in [1.29, 1.82) is 0 Å². The molecule has 0 amide bonds. The van der Waals surface area contributed by atoms with Crippen LogP contribution in [0, 0.1) is 5.92 Å². The van der Waals surface area contributed by atoms with Gasteiger partial charge < -0.3 is 5.11 Å². The largest absolute Gasteiger partial charge is 0.396 e. The smallest absolute Gasteiger partial charge is 0.0525 e. The fraction of sp³-hybridized carbons (Fsp3) is 0.625. The summed E-state index contributed by atoms with van der Waals surface area (Å²) < 4.78 is 0. The molecule has 62 valence electrons. The summed E-state index contributed by atoms with van der Waals surface area (Å²) in [7, 11) is 0. The second-order valence-corrected chi connectivity index (χ2v) is 2.88. The molecule has 1 N–H and O–H groups in total. The Kier molecular flexibility index (Phi) is 2.65. The van der Waals surface area contributed by atoms with Gasteiger partial charge in [0, 0.05) is 19.5 Å². The van der Waals surface area contributed by atoms with Gasteiger partial charge in [0.25, 0.3) is 0 Å². The Morgan fingerprint density at radius 2 is 2.27 bits per heavy atom. The van der Waals surface area contributed by atoms with Gasteiger partial charge in [0.15, 0.2) is 0 Å². The maximum Gasteiger partial charge on any atom is 0.0525 e. The highest BCUT2D eigenvalue weighted by Gasteiger charge is 2.31. The molecule has 0 spiro atoms. The van der Waals surface area contributed by atoms with Crippen molar-refractivity contribution in [3.05, 3.63) is 12.8 Å². The molecule has 3 nitrogen and oxygen atoms in total. The van der Waals surface area contributed by atoms with Crippen LogP contribution in [0.2, 0.25) is 0 Å². The van der Waals surface area contributed by atoms with E-state index < -0.39 is 0 Å². The maximum absolute atomic E-state index is 8.74. The van der Waals surface area contributed by atoms with E-state index in [9.17, 15) is 0 Å². The fourth-order valence-corrected chi connectivity index (χ4v) is 1.39. The topological polar surface area (TPSA) is 35.8 Å². The van der Waals surface area contributed by atoms with Crippen molar-refractivity contribution >= 4 is 6.72 Å². The van der Waals surface area contributed by atoms with Crippen LogP contribution in [-0.4, -0.2) is 29.5 Å². The molecule has 1 aliphatic rings. The number of aliphatic hydroxyl groups excluding tert-OH is 1. The van der Waals surface area contributed by atoms with Gasteiger partial charge in [-0.2, -0.15) is 5.10 Å². The molecule has 1 rings (SSSR count). The molecule has 1 saturated carbocycles. The SMILES string of the molecule is C=CN(N=C)[C@H]1C[C@H](CO)C1. The second-order valence-electron chi connectivity index (χ2n) is 2.88. The van der Waals surface area contributed by atoms with Crippen LogP contribution < -0.4 is 0 Å². The average molecular weight is 154 g/mol. The van der Waals surface area contributed by atoms with Crippen molar-refractivity contribution < 1.29 is 5.11 Å². The zero-order valence-electron chi connectivity index (χ0n) is 6.61. The molecule has 0 aromatic heterocycles. The molecule has 1 aliphatic carbocycles. The van der Waals surface area contributed by atoms with E-state index in [4.69, 9.17) is 5.11 Å². The molecule has 0 bridgehead atoms. The summed E-state index contributed by atoms with van der Waals surface area (Å²) >= 11 is 0. The number of rotatable bonds is 4. The van der Waals surface area contributed by atoms with E-state index in [1.165, 1.54) is 0 Å². The summed E-state index contributed by atoms with van der Waals surface area (Å²) in [6.45, 7) is 7.33. The molecule has 0 unspecified atom stereocenters. The van der Waals surface area contributed by atoms with Gasteiger partial charge in [-0.25, -0.2) is 0 Å². The Morgan fingerprint density at radius 3 is 2.64 bits per heavy atom. The Morgan fingerprint density at radius 1 is 1.64 bits per heavy atom. The van der Waals surface area contributed by atoms with Crippen LogP contribution >= 0.6 is 0 Å². The van der Waals surface area contributed by atoms with Crippen LogP contribution in [0.25, 0.3) is 0 Å². The van der Waals surface area contributed by atoms with E-state index in [2.05, 4.69) is 18.4 Å². The normalized spacial score (nSPS) is 28.8. The monoisotopic (exact) mass is 154 g/mol. The third-order valence-electron chi connectivity index (χ3n) is 2.19. The number of hydrogen-bond acceptors (Lipinski definition) is 3. The minimum atomic E-state index is 0.290. The third kappa shape index (κ3) is 1.60. The lowest BCUT2D eigenvalue weighted by Crippen LogP contribution is -2.40. The average Bonchev–Trinajstić information content (AvgIpc) is 1.95. The van der Waals surface area contributed by atoms with Crippen molar-refractivity contribution in [3.8, 4) is 0 Å². The Balaban J connectivity index is 2.29. The van der Waals surface area contributed by atoms with Crippen LogP contribution in [0.1, 0.15) is 12.8 Å². The van der Waals surface area contributed by atoms with Gasteiger partial charge in [0.05, 0.1) is 6.04 Å². The van der Waals surface area contributed by atoms with Crippen molar-refractivity contribution in [2.75, 3.05) is 6.61 Å². The van der Waals surface area contributed by atoms with E-state index in [0.717, 1.165) is 12.8 Å². The molecule has 11 heavy (non-hydrogen) atoms. The lowest BCUT2D eigenvalue weighted by atomic mass is 9.81. The lowest BCUT2D eigenvalue weighted by molar-refractivity contribution is 0.0744. The zero-order chi connectivity index (χ0) is 8.27. The fourth-order valence-electron chi connectivity index (χ4n) is 1.39. The van der Waals surface area contributed by atoms with E-state index in [-0.39, 0.29) is 0 Å². The summed E-state index contributed by atoms with van der Waals surface area (Å²) in [5.41, 5.74) is 0. The van der Waals surface area contributed by atoms with Crippen molar-refractivity contribution in [2.45, 2.75) is 18.9 Å². The standard InChI is InChI=1S/C8H14N2O/c1-3-10(9-2)8-4-7(5-8)6-11/h3,7-8,11H,1-2,4-6H2/t7-,8-. The summed E-state index contributed by atoms with van der Waals surface area (Å²) in [4.78, 5) is 0. The highest BCUT2D eigenvalue weighted by molar-refractivity contribution is 5.23. The van der Waals surface area contributed by atoms with Crippen LogP contribution in [0.5, 0.6) is 0 Å². The van der Waals surface area contributed by atoms with Crippen LogP contribution in [0.15, 0.2) is 17.9 Å². The molecular formula is C8H14N2O. The number of aliphatic hydroxyl groups is 1. The molecule has 0 aromatic rings. The Labute approximate surface area is 67.0 Å². The zero-order valence-corrected chi connectivity index (χ0v) is 6.61. The molecule has 0 aromatic carbocycles. The van der Waals surface area contributed by atoms with Gasteiger partial charge >= 0.3 is 0 Å². The van der Waals surface area contributed by atoms with E-state index in [1.54, 1.807) is 11.2 Å². The molecule has 0 aliphatic heterocycles. The molecule has 0 atom stereocenters. The number of hydrogen-bond donors (Lipinski definition) is 1. The van der Waals surface area contributed by atoms with Gasteiger partial charge in [0.2, 0.25) is 0 Å². The van der Waals surface area contributed by atoms with Crippen LogP contribution in [0.3, 0.4) is 0 Å². The first-order valence-electron chi connectivity index (χ1n) is 3.80. The Bertz CT molecular complexity index is 144. The minimum Gasteiger partial charge on any atom is -0.396 e. The van der Waals surface area contributed by atoms with E-state index in [1.807, 2.05) is 0 Å². The second kappa shape index (κ2) is 3.53. The highest BCUT2D eigenvalue weighted by Crippen LogP contribution is 2.31. The maximum atomic E-state index is 8.74. The highest BCUT2D eigenvalue weighted by atomic mass is 16.3. The van der Waals surface area contributed by atoms with Gasteiger partial charge in [0.1, 0.15) is 0 Å². The predicted octanol–water partition coefficient (Wildman–Crippen LogP) is 0.818. The first-order valence-corrected chi connectivity index (χ1v) is 3.80. The quantitative estimate of drug-likeness (QED) is 0.480. The molecule has 1 fully saturated rings. The minimum absolute atomic E-state index is 0.290. The van der Waals surface area contributed by atoms with E-state index in [0.29, 0.717) is 18.6 Å². The van der Waals surface area contributed by atoms with Gasteiger partial charge in [-0.05, 0) is 18.8 Å².